The molecule has 6 nitrogen and oxygen atoms in total. The van der Waals surface area contributed by atoms with Crippen molar-refractivity contribution < 1.29 is 19.1 Å². The Hall–Kier alpha value is -3.45. The van der Waals surface area contributed by atoms with Crippen molar-refractivity contribution in [3.63, 3.8) is 0 Å². The number of alkyl carbamates (subject to hydrolysis) is 1. The van der Waals surface area contributed by atoms with Crippen molar-refractivity contribution >= 4 is 29.5 Å². The molecule has 4 rings (SSSR count). The summed E-state index contributed by atoms with van der Waals surface area (Å²) in [4.78, 5) is 27.7. The molecule has 0 fully saturated rings. The number of benzene rings is 2. The molecule has 0 bridgehead atoms. The van der Waals surface area contributed by atoms with Gasteiger partial charge in [0.15, 0.2) is 5.69 Å². The van der Waals surface area contributed by atoms with E-state index in [1.165, 1.54) is 40.7 Å². The number of methoxy groups -OCH3 is 1. The van der Waals surface area contributed by atoms with Gasteiger partial charge in [-0.05, 0) is 28.3 Å². The Kier molecular flexibility index (Phi) is 5.90. The van der Waals surface area contributed by atoms with Crippen molar-refractivity contribution in [2.45, 2.75) is 5.92 Å². The lowest BCUT2D eigenvalue weighted by Gasteiger charge is -2.14. The van der Waals surface area contributed by atoms with E-state index in [0.29, 0.717) is 11.6 Å². The van der Waals surface area contributed by atoms with Crippen LogP contribution in [0.15, 0.2) is 60.0 Å². The molecule has 0 spiro atoms. The highest BCUT2D eigenvalue weighted by Gasteiger charge is 2.28. The SMILES string of the molecule is COC(=O)c1csc(C=CCNC(=O)OCC2c3ccccc3-c3ccccc32)n1. The fraction of sp³-hybridized carbons (Fsp3) is 0.174. The van der Waals surface area contributed by atoms with Crippen molar-refractivity contribution in [2.24, 2.45) is 0 Å². The molecule has 1 aromatic heterocycles. The molecular weight excluding hydrogens is 400 g/mol. The molecule has 0 saturated heterocycles. The van der Waals surface area contributed by atoms with Gasteiger partial charge in [0.25, 0.3) is 0 Å². The lowest BCUT2D eigenvalue weighted by molar-refractivity contribution is 0.0595. The number of nitrogens with one attached hydrogen (secondary N) is 1. The average Bonchev–Trinajstić information content (AvgIpc) is 3.38. The Bertz CT molecular complexity index is 1060. The smallest absolute Gasteiger partial charge is 0.407 e. The first-order chi connectivity index (χ1) is 14.7. The Balaban J connectivity index is 1.30. The van der Waals surface area contributed by atoms with Crippen molar-refractivity contribution in [1.29, 1.82) is 0 Å². The van der Waals surface area contributed by atoms with E-state index in [1.807, 2.05) is 24.3 Å². The number of hydrogen-bond donors (Lipinski definition) is 1. The molecule has 1 N–H and O–H groups in total. The first-order valence-corrected chi connectivity index (χ1v) is 10.3. The lowest BCUT2D eigenvalue weighted by atomic mass is 9.98. The zero-order chi connectivity index (χ0) is 20.9. The van der Waals surface area contributed by atoms with Crippen LogP contribution in [0.4, 0.5) is 4.79 Å². The van der Waals surface area contributed by atoms with E-state index in [0.717, 1.165) is 0 Å². The van der Waals surface area contributed by atoms with Gasteiger partial charge in [0.2, 0.25) is 0 Å². The minimum Gasteiger partial charge on any atom is -0.464 e. The average molecular weight is 420 g/mol. The van der Waals surface area contributed by atoms with Gasteiger partial charge in [-0.25, -0.2) is 14.6 Å². The summed E-state index contributed by atoms with van der Waals surface area (Å²) in [6, 6.07) is 16.4. The summed E-state index contributed by atoms with van der Waals surface area (Å²) in [6.07, 6.45) is 3.01. The number of amides is 1. The van der Waals surface area contributed by atoms with E-state index in [2.05, 4.69) is 39.3 Å². The van der Waals surface area contributed by atoms with Crippen molar-refractivity contribution in [1.82, 2.24) is 10.3 Å². The summed E-state index contributed by atoms with van der Waals surface area (Å²) in [7, 11) is 1.31. The number of carbonyl (C=O) groups excluding carboxylic acids is 2. The second kappa shape index (κ2) is 8.92. The molecule has 0 atom stereocenters. The predicted octanol–water partition coefficient (Wildman–Crippen LogP) is 4.48. The van der Waals surface area contributed by atoms with Crippen LogP contribution in [-0.2, 0) is 9.47 Å². The Morgan fingerprint density at radius 1 is 1.10 bits per heavy atom. The van der Waals surface area contributed by atoms with E-state index in [9.17, 15) is 9.59 Å². The summed E-state index contributed by atoms with van der Waals surface area (Å²) in [5.41, 5.74) is 5.01. The number of rotatable bonds is 6. The van der Waals surface area contributed by atoms with Gasteiger partial charge in [-0.15, -0.1) is 11.3 Å². The molecule has 152 valence electrons. The maximum atomic E-state index is 12.1. The Morgan fingerprint density at radius 2 is 1.77 bits per heavy atom. The maximum Gasteiger partial charge on any atom is 0.407 e. The quantitative estimate of drug-likeness (QED) is 0.595. The predicted molar refractivity (Wildman–Crippen MR) is 116 cm³/mol. The lowest BCUT2D eigenvalue weighted by Crippen LogP contribution is -2.26. The van der Waals surface area contributed by atoms with Gasteiger partial charge in [-0.3, -0.25) is 0 Å². The second-order valence-electron chi connectivity index (χ2n) is 6.67. The van der Waals surface area contributed by atoms with E-state index in [4.69, 9.17) is 4.74 Å². The van der Waals surface area contributed by atoms with E-state index in [1.54, 1.807) is 17.5 Å². The summed E-state index contributed by atoms with van der Waals surface area (Å²) in [5.74, 6) is -0.437. The largest absolute Gasteiger partial charge is 0.464 e. The van der Waals surface area contributed by atoms with E-state index >= 15 is 0 Å². The van der Waals surface area contributed by atoms with Crippen LogP contribution in [0.2, 0.25) is 0 Å². The van der Waals surface area contributed by atoms with Gasteiger partial charge in [-0.1, -0.05) is 54.6 Å². The minimum absolute atomic E-state index is 0.0331. The molecule has 30 heavy (non-hydrogen) atoms. The van der Waals surface area contributed by atoms with Crippen molar-refractivity contribution in [3.8, 4) is 11.1 Å². The third kappa shape index (κ3) is 4.11. The fourth-order valence-corrected chi connectivity index (χ4v) is 4.22. The summed E-state index contributed by atoms with van der Waals surface area (Å²) in [6.45, 7) is 0.572. The van der Waals surface area contributed by atoms with Crippen LogP contribution in [-0.4, -0.2) is 37.3 Å². The van der Waals surface area contributed by atoms with Crippen LogP contribution in [0, 0.1) is 0 Å². The van der Waals surface area contributed by atoms with Crippen LogP contribution in [0.25, 0.3) is 17.2 Å². The number of thiazole rings is 1. The van der Waals surface area contributed by atoms with Crippen LogP contribution in [0.3, 0.4) is 0 Å². The first-order valence-electron chi connectivity index (χ1n) is 9.46. The highest BCUT2D eigenvalue weighted by Crippen LogP contribution is 2.44. The van der Waals surface area contributed by atoms with Gasteiger partial charge in [0.05, 0.1) is 7.11 Å². The Morgan fingerprint density at radius 3 is 2.43 bits per heavy atom. The zero-order valence-electron chi connectivity index (χ0n) is 16.3. The normalized spacial score (nSPS) is 12.4. The highest BCUT2D eigenvalue weighted by molar-refractivity contribution is 7.10. The monoisotopic (exact) mass is 420 g/mol. The first kappa shape index (κ1) is 19.8. The number of hydrogen-bond acceptors (Lipinski definition) is 6. The maximum absolute atomic E-state index is 12.1. The molecule has 1 amide bonds. The molecule has 0 saturated carbocycles. The molecule has 1 aliphatic carbocycles. The third-order valence-corrected chi connectivity index (χ3v) is 5.69. The summed E-state index contributed by atoms with van der Waals surface area (Å²) in [5, 5.41) is 4.99. The molecule has 0 radical (unpaired) electrons. The van der Waals surface area contributed by atoms with Crippen LogP contribution < -0.4 is 5.32 Å². The standard InChI is InChI=1S/C23H20N2O4S/c1-28-22(26)20-14-30-21(25-20)11-6-12-24-23(27)29-13-19-17-9-4-2-7-15(17)16-8-3-5-10-18(16)19/h2-11,14,19H,12-13H2,1H3,(H,24,27). The molecule has 2 aromatic carbocycles. The van der Waals surface area contributed by atoms with Gasteiger partial charge in [0.1, 0.15) is 11.6 Å². The van der Waals surface area contributed by atoms with Gasteiger partial charge >= 0.3 is 12.1 Å². The molecule has 7 heteroatoms. The van der Waals surface area contributed by atoms with Crippen LogP contribution in [0.1, 0.15) is 32.5 Å². The van der Waals surface area contributed by atoms with Crippen LogP contribution in [0.5, 0.6) is 0 Å². The number of aromatic nitrogens is 1. The molecule has 3 aromatic rings. The molecule has 0 aliphatic heterocycles. The van der Waals surface area contributed by atoms with Crippen LogP contribution >= 0.6 is 11.3 Å². The molecule has 0 unspecified atom stereocenters. The number of esters is 1. The molecule has 1 heterocycles. The van der Waals surface area contributed by atoms with E-state index < -0.39 is 12.1 Å². The van der Waals surface area contributed by atoms with Crippen molar-refractivity contribution in [2.75, 3.05) is 20.3 Å². The van der Waals surface area contributed by atoms with E-state index in [-0.39, 0.29) is 18.2 Å². The number of fused-ring (bicyclic) bond motifs is 3. The summed E-state index contributed by atoms with van der Waals surface area (Å²) < 4.78 is 10.1. The Labute approximate surface area is 178 Å². The number of ether oxygens (including phenoxy) is 2. The fourth-order valence-electron chi connectivity index (χ4n) is 3.51. The minimum atomic E-state index is -0.476. The number of carbonyl (C=O) groups is 2. The van der Waals surface area contributed by atoms with Gasteiger partial charge in [-0.2, -0.15) is 0 Å². The van der Waals surface area contributed by atoms with Gasteiger partial charge in [0, 0.05) is 17.8 Å². The topological polar surface area (TPSA) is 77.5 Å². The third-order valence-electron chi connectivity index (χ3n) is 4.88. The van der Waals surface area contributed by atoms with Crippen molar-refractivity contribution in [3.05, 3.63) is 81.8 Å². The molecular formula is C23H20N2O4S. The zero-order valence-corrected chi connectivity index (χ0v) is 17.1. The number of nitrogens with zero attached hydrogens (tertiary/aromatic N) is 1. The molecule has 1 aliphatic rings. The second-order valence-corrected chi connectivity index (χ2v) is 7.56. The summed E-state index contributed by atoms with van der Waals surface area (Å²) >= 11 is 1.32. The highest BCUT2D eigenvalue weighted by atomic mass is 32.1. The van der Waals surface area contributed by atoms with Gasteiger partial charge < -0.3 is 14.8 Å².